The fourth-order valence-electron chi connectivity index (χ4n) is 3.78. The molecule has 7 heteroatoms. The van der Waals surface area contributed by atoms with Gasteiger partial charge in [0, 0.05) is 12.1 Å². The van der Waals surface area contributed by atoms with Crippen LogP contribution in [0.25, 0.3) is 11.3 Å². The SMILES string of the molecule is COc1cc(-c2c(C(=O)c3cccs3)c(O)c(O)n2CCc2ccccc2)cc(C)c1O. The lowest BCUT2D eigenvalue weighted by Gasteiger charge is -2.15. The maximum absolute atomic E-state index is 13.3. The number of thiophene rings is 1. The van der Waals surface area contributed by atoms with Gasteiger partial charge in [-0.05, 0) is 48.1 Å². The number of carbonyl (C=O) groups excluding carboxylic acids is 1. The number of hydrogen-bond donors (Lipinski definition) is 3. The summed E-state index contributed by atoms with van der Waals surface area (Å²) in [4.78, 5) is 13.8. The van der Waals surface area contributed by atoms with Crippen LogP contribution in [0.1, 0.15) is 26.4 Å². The standard InChI is InChI=1S/C25H23NO5S/c1-15-13-17(14-18(31-2)22(15)27)21-20(23(28)19-9-6-12-32-19)24(29)25(30)26(21)11-10-16-7-4-3-5-8-16/h3-9,12-14,27,29-30H,10-11H2,1-2H3. The Bertz CT molecular complexity index is 1260. The molecule has 4 rings (SSSR count). The van der Waals surface area contributed by atoms with Crippen LogP contribution in [0.4, 0.5) is 0 Å². The van der Waals surface area contributed by atoms with Gasteiger partial charge < -0.3 is 24.6 Å². The summed E-state index contributed by atoms with van der Waals surface area (Å²) in [5.41, 5.74) is 2.53. The monoisotopic (exact) mass is 449 g/mol. The summed E-state index contributed by atoms with van der Waals surface area (Å²) in [6.07, 6.45) is 0.580. The van der Waals surface area contributed by atoms with E-state index in [2.05, 4.69) is 0 Å². The molecule has 0 amide bonds. The van der Waals surface area contributed by atoms with Gasteiger partial charge in [0.05, 0.1) is 23.2 Å². The molecule has 0 unspecified atom stereocenters. The Morgan fingerprint density at radius 2 is 1.78 bits per heavy atom. The maximum Gasteiger partial charge on any atom is 0.235 e. The molecular weight excluding hydrogens is 426 g/mol. The highest BCUT2D eigenvalue weighted by molar-refractivity contribution is 7.12. The Morgan fingerprint density at radius 1 is 1.03 bits per heavy atom. The fraction of sp³-hybridized carbons (Fsp3) is 0.160. The topological polar surface area (TPSA) is 91.9 Å². The van der Waals surface area contributed by atoms with Crippen molar-refractivity contribution in [3.8, 4) is 34.4 Å². The third-order valence-corrected chi connectivity index (χ3v) is 6.28. The first-order chi connectivity index (χ1) is 15.4. The number of ether oxygens (including phenoxy) is 1. The molecule has 0 bridgehead atoms. The quantitative estimate of drug-likeness (QED) is 0.341. The van der Waals surface area contributed by atoms with E-state index in [1.54, 1.807) is 36.6 Å². The van der Waals surface area contributed by atoms with E-state index in [-0.39, 0.29) is 28.7 Å². The lowest BCUT2D eigenvalue weighted by Crippen LogP contribution is -2.07. The molecule has 2 aromatic carbocycles. The number of rotatable bonds is 7. The zero-order valence-corrected chi connectivity index (χ0v) is 18.5. The molecule has 0 radical (unpaired) electrons. The minimum atomic E-state index is -0.462. The summed E-state index contributed by atoms with van der Waals surface area (Å²) in [6, 6.07) is 16.5. The average Bonchev–Trinajstić information content (AvgIpc) is 3.42. The van der Waals surface area contributed by atoms with Gasteiger partial charge in [0.15, 0.2) is 17.2 Å². The molecule has 0 aliphatic heterocycles. The van der Waals surface area contributed by atoms with Gasteiger partial charge in [-0.2, -0.15) is 0 Å². The number of benzene rings is 2. The Labute approximate surface area is 189 Å². The Morgan fingerprint density at radius 3 is 2.44 bits per heavy atom. The normalized spacial score (nSPS) is 10.9. The van der Waals surface area contributed by atoms with E-state index in [0.717, 1.165) is 5.56 Å². The molecule has 32 heavy (non-hydrogen) atoms. The Hall–Kier alpha value is -3.71. The third-order valence-electron chi connectivity index (χ3n) is 5.41. The lowest BCUT2D eigenvalue weighted by atomic mass is 10.0. The van der Waals surface area contributed by atoms with Crippen molar-refractivity contribution in [2.75, 3.05) is 7.11 Å². The molecule has 0 fully saturated rings. The minimum Gasteiger partial charge on any atom is -0.504 e. The van der Waals surface area contributed by atoms with Crippen LogP contribution < -0.4 is 4.74 Å². The van der Waals surface area contributed by atoms with Gasteiger partial charge in [-0.1, -0.05) is 36.4 Å². The van der Waals surface area contributed by atoms with E-state index >= 15 is 0 Å². The molecule has 0 aliphatic rings. The summed E-state index contributed by atoms with van der Waals surface area (Å²) < 4.78 is 6.84. The summed E-state index contributed by atoms with van der Waals surface area (Å²) >= 11 is 1.26. The number of ketones is 1. The van der Waals surface area contributed by atoms with Crippen molar-refractivity contribution in [3.05, 3.63) is 81.5 Å². The summed E-state index contributed by atoms with van der Waals surface area (Å²) in [6.45, 7) is 2.05. The van der Waals surface area contributed by atoms with Crippen molar-refractivity contribution >= 4 is 17.1 Å². The smallest absolute Gasteiger partial charge is 0.235 e. The van der Waals surface area contributed by atoms with E-state index in [0.29, 0.717) is 34.7 Å². The Balaban J connectivity index is 1.91. The van der Waals surface area contributed by atoms with Gasteiger partial charge >= 0.3 is 0 Å². The molecule has 0 spiro atoms. The van der Waals surface area contributed by atoms with E-state index < -0.39 is 5.75 Å². The predicted molar refractivity (Wildman–Crippen MR) is 124 cm³/mol. The number of hydrogen-bond acceptors (Lipinski definition) is 6. The summed E-state index contributed by atoms with van der Waals surface area (Å²) in [5.74, 6) is -0.981. The van der Waals surface area contributed by atoms with E-state index in [1.165, 1.54) is 23.0 Å². The van der Waals surface area contributed by atoms with Gasteiger partial charge in [0.25, 0.3) is 0 Å². The highest BCUT2D eigenvalue weighted by Crippen LogP contribution is 2.45. The number of phenols is 1. The van der Waals surface area contributed by atoms with Gasteiger partial charge in [0.1, 0.15) is 0 Å². The highest BCUT2D eigenvalue weighted by atomic mass is 32.1. The van der Waals surface area contributed by atoms with Crippen LogP contribution in [0, 0.1) is 6.92 Å². The van der Waals surface area contributed by atoms with Crippen molar-refractivity contribution in [3.63, 3.8) is 0 Å². The van der Waals surface area contributed by atoms with Crippen LogP contribution in [-0.4, -0.2) is 32.8 Å². The van der Waals surface area contributed by atoms with Crippen LogP contribution in [0.2, 0.25) is 0 Å². The number of nitrogens with zero attached hydrogens (tertiary/aromatic N) is 1. The molecule has 3 N–H and O–H groups in total. The predicted octanol–water partition coefficient (Wildman–Crippen LogP) is 5.12. The lowest BCUT2D eigenvalue weighted by molar-refractivity contribution is 0.104. The van der Waals surface area contributed by atoms with Crippen molar-refractivity contribution in [2.45, 2.75) is 19.9 Å². The van der Waals surface area contributed by atoms with Crippen LogP contribution >= 0.6 is 11.3 Å². The molecule has 164 valence electrons. The fourth-order valence-corrected chi connectivity index (χ4v) is 4.45. The maximum atomic E-state index is 13.3. The molecule has 0 aliphatic carbocycles. The first-order valence-corrected chi connectivity index (χ1v) is 10.9. The first-order valence-electron chi connectivity index (χ1n) is 10.1. The molecule has 2 heterocycles. The Kier molecular flexibility index (Phi) is 5.92. The van der Waals surface area contributed by atoms with Gasteiger partial charge in [0.2, 0.25) is 11.7 Å². The van der Waals surface area contributed by atoms with Crippen LogP contribution in [-0.2, 0) is 13.0 Å². The second-order valence-electron chi connectivity index (χ2n) is 7.43. The number of aromatic nitrogens is 1. The largest absolute Gasteiger partial charge is 0.504 e. The number of aromatic hydroxyl groups is 3. The van der Waals surface area contributed by atoms with Crippen molar-refractivity contribution in [1.29, 1.82) is 0 Å². The number of methoxy groups -OCH3 is 1. The van der Waals surface area contributed by atoms with E-state index in [9.17, 15) is 20.1 Å². The van der Waals surface area contributed by atoms with Crippen LogP contribution in [0.3, 0.4) is 0 Å². The van der Waals surface area contributed by atoms with Crippen molar-refractivity contribution in [1.82, 2.24) is 4.57 Å². The number of phenolic OH excluding ortho intramolecular Hbond substituents is 1. The average molecular weight is 450 g/mol. The first kappa shape index (κ1) is 21.5. The zero-order valence-electron chi connectivity index (χ0n) is 17.7. The van der Waals surface area contributed by atoms with Crippen molar-refractivity contribution in [2.24, 2.45) is 0 Å². The molecule has 0 atom stereocenters. The molecule has 4 aromatic rings. The van der Waals surface area contributed by atoms with E-state index in [4.69, 9.17) is 4.74 Å². The molecule has 0 saturated heterocycles. The minimum absolute atomic E-state index is 0.00165. The van der Waals surface area contributed by atoms with Crippen LogP contribution in [0.5, 0.6) is 23.1 Å². The van der Waals surface area contributed by atoms with Gasteiger partial charge in [-0.15, -0.1) is 11.3 Å². The molecule has 2 aromatic heterocycles. The van der Waals surface area contributed by atoms with Crippen molar-refractivity contribution < 1.29 is 24.9 Å². The molecule has 0 saturated carbocycles. The van der Waals surface area contributed by atoms with Crippen LogP contribution in [0.15, 0.2) is 60.0 Å². The zero-order chi connectivity index (χ0) is 22.8. The summed E-state index contributed by atoms with van der Waals surface area (Å²) in [7, 11) is 1.44. The molecule has 6 nitrogen and oxygen atoms in total. The van der Waals surface area contributed by atoms with Gasteiger partial charge in [-0.3, -0.25) is 4.79 Å². The highest BCUT2D eigenvalue weighted by Gasteiger charge is 2.30. The second-order valence-corrected chi connectivity index (χ2v) is 8.38. The second kappa shape index (κ2) is 8.80. The van der Waals surface area contributed by atoms with Gasteiger partial charge in [-0.25, -0.2) is 0 Å². The van der Waals surface area contributed by atoms with E-state index in [1.807, 2.05) is 30.3 Å². The third kappa shape index (κ3) is 3.83. The summed E-state index contributed by atoms with van der Waals surface area (Å²) in [5, 5.41) is 33.7. The number of aryl methyl sites for hydroxylation is 2. The molecular formula is C25H23NO5S. The number of carbonyl (C=O) groups is 1.